The standard InChI is InChI=1S/C46H30N4O/c1-29-22-27-41-39(28-29)35-16-8-9-21-40(35)50(41)46-48-44(33-14-6-3-7-15-33)47-45(49-46)38-20-11-19-37-36-18-10-17-34(42(36)51-43(37)38)32-25-23-31(24-26-32)30-12-4-2-5-13-30/h2-28H,1H3. The van der Waals surface area contributed by atoms with Gasteiger partial charge in [0.25, 0.3) is 0 Å². The molecule has 0 radical (unpaired) electrons. The van der Waals surface area contributed by atoms with E-state index in [1.165, 1.54) is 16.7 Å². The average Bonchev–Trinajstić information content (AvgIpc) is 3.74. The van der Waals surface area contributed by atoms with Crippen LogP contribution in [0.3, 0.4) is 0 Å². The molecule has 0 saturated carbocycles. The zero-order chi connectivity index (χ0) is 33.9. The lowest BCUT2D eigenvalue weighted by atomic mass is 9.99. The molecular weight excluding hydrogens is 625 g/mol. The maximum atomic E-state index is 6.86. The molecular formula is C46H30N4O. The highest BCUT2D eigenvalue weighted by atomic mass is 16.3. The lowest BCUT2D eigenvalue weighted by Crippen LogP contribution is -2.06. The van der Waals surface area contributed by atoms with Gasteiger partial charge in [-0.2, -0.15) is 9.97 Å². The van der Waals surface area contributed by atoms with Crippen molar-refractivity contribution in [3.63, 3.8) is 0 Å². The molecule has 0 atom stereocenters. The van der Waals surface area contributed by atoms with Crippen molar-refractivity contribution in [2.75, 3.05) is 0 Å². The van der Waals surface area contributed by atoms with Crippen LogP contribution in [0.15, 0.2) is 168 Å². The zero-order valence-corrected chi connectivity index (χ0v) is 27.8. The van der Waals surface area contributed by atoms with Crippen molar-refractivity contribution in [2.24, 2.45) is 0 Å². The molecule has 3 aromatic heterocycles. The third kappa shape index (κ3) is 4.82. The van der Waals surface area contributed by atoms with Crippen molar-refractivity contribution in [1.82, 2.24) is 19.5 Å². The van der Waals surface area contributed by atoms with Gasteiger partial charge in [-0.05, 0) is 47.9 Å². The number of rotatable bonds is 5. The molecule has 10 aromatic rings. The SMILES string of the molecule is Cc1ccc2c(c1)c1ccccc1n2-c1nc(-c2ccccc2)nc(-c2cccc3c2oc2c(-c4ccc(-c5ccccc5)cc4)cccc23)n1. The van der Waals surface area contributed by atoms with Gasteiger partial charge in [-0.15, -0.1) is 0 Å². The third-order valence-corrected chi connectivity index (χ3v) is 9.75. The van der Waals surface area contributed by atoms with Gasteiger partial charge in [-0.1, -0.05) is 145 Å². The molecule has 7 aromatic carbocycles. The second-order valence-electron chi connectivity index (χ2n) is 12.9. The first kappa shape index (κ1) is 29.1. The minimum atomic E-state index is 0.551. The van der Waals surface area contributed by atoms with Crippen molar-refractivity contribution in [2.45, 2.75) is 6.92 Å². The van der Waals surface area contributed by atoms with Crippen molar-refractivity contribution in [3.8, 4) is 51.0 Å². The van der Waals surface area contributed by atoms with Crippen LogP contribution in [-0.2, 0) is 0 Å². The highest BCUT2D eigenvalue weighted by Crippen LogP contribution is 2.40. The predicted octanol–water partition coefficient (Wildman–Crippen LogP) is 11.8. The first-order chi connectivity index (χ1) is 25.2. The van der Waals surface area contributed by atoms with Gasteiger partial charge >= 0.3 is 0 Å². The quantitative estimate of drug-likeness (QED) is 0.185. The molecule has 5 heteroatoms. The summed E-state index contributed by atoms with van der Waals surface area (Å²) in [6.45, 7) is 2.12. The summed E-state index contributed by atoms with van der Waals surface area (Å²) in [6.07, 6.45) is 0. The van der Waals surface area contributed by atoms with E-state index in [2.05, 4.69) is 133 Å². The summed E-state index contributed by atoms with van der Waals surface area (Å²) < 4.78 is 9.01. The van der Waals surface area contributed by atoms with E-state index >= 15 is 0 Å². The summed E-state index contributed by atoms with van der Waals surface area (Å²) in [4.78, 5) is 15.4. The van der Waals surface area contributed by atoms with E-state index in [1.807, 2.05) is 42.5 Å². The second-order valence-corrected chi connectivity index (χ2v) is 12.9. The molecule has 51 heavy (non-hydrogen) atoms. The number of furan rings is 1. The van der Waals surface area contributed by atoms with Crippen molar-refractivity contribution in [1.29, 1.82) is 0 Å². The van der Waals surface area contributed by atoms with E-state index in [9.17, 15) is 0 Å². The third-order valence-electron chi connectivity index (χ3n) is 9.75. The van der Waals surface area contributed by atoms with E-state index in [0.29, 0.717) is 17.6 Å². The molecule has 0 fully saturated rings. The number of hydrogen-bond acceptors (Lipinski definition) is 4. The Morgan fingerprint density at radius 1 is 0.412 bits per heavy atom. The number of hydrogen-bond donors (Lipinski definition) is 0. The molecule has 0 N–H and O–H groups in total. The van der Waals surface area contributed by atoms with Gasteiger partial charge in [0.2, 0.25) is 5.95 Å². The van der Waals surface area contributed by atoms with E-state index in [-0.39, 0.29) is 0 Å². The molecule has 240 valence electrons. The van der Waals surface area contributed by atoms with Crippen LogP contribution < -0.4 is 0 Å². The molecule has 0 aliphatic rings. The number of benzene rings is 7. The van der Waals surface area contributed by atoms with Gasteiger partial charge in [0, 0.05) is 32.7 Å². The normalized spacial score (nSPS) is 11.6. The lowest BCUT2D eigenvalue weighted by molar-refractivity contribution is 0.670. The summed E-state index contributed by atoms with van der Waals surface area (Å²) >= 11 is 0. The Bertz CT molecular complexity index is 2910. The van der Waals surface area contributed by atoms with Gasteiger partial charge in [0.05, 0.1) is 16.6 Å². The van der Waals surface area contributed by atoms with E-state index < -0.39 is 0 Å². The first-order valence-electron chi connectivity index (χ1n) is 17.1. The number of aromatic nitrogens is 4. The molecule has 0 aliphatic carbocycles. The molecule has 0 aliphatic heterocycles. The Hall–Kier alpha value is -6.85. The van der Waals surface area contributed by atoms with Crippen LogP contribution >= 0.6 is 0 Å². The Labute approximate surface area is 294 Å². The van der Waals surface area contributed by atoms with Crippen LogP contribution in [0.25, 0.3) is 94.7 Å². The second kappa shape index (κ2) is 11.6. The molecule has 3 heterocycles. The smallest absolute Gasteiger partial charge is 0.238 e. The molecule has 0 bridgehead atoms. The van der Waals surface area contributed by atoms with Crippen LogP contribution in [0.2, 0.25) is 0 Å². The molecule has 5 nitrogen and oxygen atoms in total. The Balaban J connectivity index is 1.18. The minimum Gasteiger partial charge on any atom is -0.455 e. The Morgan fingerprint density at radius 3 is 1.75 bits per heavy atom. The van der Waals surface area contributed by atoms with Crippen LogP contribution in [-0.4, -0.2) is 19.5 Å². The maximum Gasteiger partial charge on any atom is 0.238 e. The summed E-state index contributed by atoms with van der Waals surface area (Å²) in [6, 6.07) is 56.8. The van der Waals surface area contributed by atoms with Crippen LogP contribution in [0.5, 0.6) is 0 Å². The topological polar surface area (TPSA) is 56.7 Å². The van der Waals surface area contributed by atoms with Gasteiger partial charge < -0.3 is 4.42 Å². The highest BCUT2D eigenvalue weighted by molar-refractivity contribution is 6.13. The summed E-state index contributed by atoms with van der Waals surface area (Å²) in [7, 11) is 0. The van der Waals surface area contributed by atoms with Crippen molar-refractivity contribution in [3.05, 3.63) is 169 Å². The Kier molecular flexibility index (Phi) is 6.64. The van der Waals surface area contributed by atoms with Crippen LogP contribution in [0.1, 0.15) is 5.56 Å². The fraction of sp³-hybridized carbons (Fsp3) is 0.0217. The maximum absolute atomic E-state index is 6.86. The van der Waals surface area contributed by atoms with E-state index in [0.717, 1.165) is 66.0 Å². The molecule has 10 rings (SSSR count). The average molecular weight is 655 g/mol. The minimum absolute atomic E-state index is 0.551. The fourth-order valence-electron chi connectivity index (χ4n) is 7.30. The van der Waals surface area contributed by atoms with Crippen molar-refractivity contribution >= 4 is 43.7 Å². The van der Waals surface area contributed by atoms with Gasteiger partial charge in [0.15, 0.2) is 11.6 Å². The van der Waals surface area contributed by atoms with Crippen LogP contribution in [0, 0.1) is 6.92 Å². The van der Waals surface area contributed by atoms with Crippen molar-refractivity contribution < 1.29 is 4.42 Å². The number of para-hydroxylation sites is 3. The van der Waals surface area contributed by atoms with E-state index in [4.69, 9.17) is 19.4 Å². The largest absolute Gasteiger partial charge is 0.455 e. The number of nitrogens with zero attached hydrogens (tertiary/aromatic N) is 4. The predicted molar refractivity (Wildman–Crippen MR) is 208 cm³/mol. The zero-order valence-electron chi connectivity index (χ0n) is 27.8. The highest BCUT2D eigenvalue weighted by Gasteiger charge is 2.21. The van der Waals surface area contributed by atoms with E-state index in [1.54, 1.807) is 0 Å². The number of aryl methyl sites for hydroxylation is 1. The van der Waals surface area contributed by atoms with Gasteiger partial charge in [-0.3, -0.25) is 4.57 Å². The summed E-state index contributed by atoms with van der Waals surface area (Å²) in [5.74, 6) is 1.71. The fourth-order valence-corrected chi connectivity index (χ4v) is 7.30. The van der Waals surface area contributed by atoms with Crippen LogP contribution in [0.4, 0.5) is 0 Å². The molecule has 0 saturated heterocycles. The Morgan fingerprint density at radius 2 is 0.980 bits per heavy atom. The first-order valence-corrected chi connectivity index (χ1v) is 17.1. The molecule has 0 spiro atoms. The lowest BCUT2D eigenvalue weighted by Gasteiger charge is -2.11. The number of fused-ring (bicyclic) bond motifs is 6. The summed E-state index contributed by atoms with van der Waals surface area (Å²) in [5, 5.41) is 4.38. The molecule has 0 unspecified atom stereocenters. The van der Waals surface area contributed by atoms with Gasteiger partial charge in [-0.25, -0.2) is 4.98 Å². The van der Waals surface area contributed by atoms with Gasteiger partial charge in [0.1, 0.15) is 11.2 Å². The summed E-state index contributed by atoms with van der Waals surface area (Å²) in [5.41, 5.74) is 11.1. The monoisotopic (exact) mass is 654 g/mol. The molecule has 0 amide bonds.